The van der Waals surface area contributed by atoms with E-state index in [4.69, 9.17) is 4.74 Å². The summed E-state index contributed by atoms with van der Waals surface area (Å²) in [6.45, 7) is 5.12. The average Bonchev–Trinajstić information content (AvgIpc) is 2.46. The molecule has 3 heteroatoms. The molecule has 0 aromatic heterocycles. The first-order valence-electron chi connectivity index (χ1n) is 7.23. The summed E-state index contributed by atoms with van der Waals surface area (Å²) in [6.07, 6.45) is 1.10. The van der Waals surface area contributed by atoms with Crippen LogP contribution >= 0.6 is 0 Å². The summed E-state index contributed by atoms with van der Waals surface area (Å²) in [5, 5.41) is 3.28. The van der Waals surface area contributed by atoms with Gasteiger partial charge in [-0.15, -0.1) is 0 Å². The van der Waals surface area contributed by atoms with Gasteiger partial charge in [-0.2, -0.15) is 0 Å². The maximum Gasteiger partial charge on any atom is 0.144 e. The van der Waals surface area contributed by atoms with E-state index in [2.05, 4.69) is 43.4 Å². The fourth-order valence-electron chi connectivity index (χ4n) is 2.27. The molecule has 0 aliphatic rings. The predicted molar refractivity (Wildman–Crippen MR) is 85.3 cm³/mol. The molecule has 0 atom stereocenters. The summed E-state index contributed by atoms with van der Waals surface area (Å²) in [6, 6.07) is 13.1. The number of rotatable bonds is 6. The van der Waals surface area contributed by atoms with E-state index in [1.54, 1.807) is 13.2 Å². The number of ether oxygens (including phenoxy) is 1. The van der Waals surface area contributed by atoms with Crippen LogP contribution in [-0.2, 0) is 13.0 Å². The molecular weight excluding hydrogens is 265 g/mol. The van der Waals surface area contributed by atoms with Crippen molar-refractivity contribution in [3.05, 3.63) is 59.4 Å². The zero-order valence-electron chi connectivity index (χ0n) is 12.8. The van der Waals surface area contributed by atoms with Crippen molar-refractivity contribution < 1.29 is 9.13 Å². The third-order valence-electron chi connectivity index (χ3n) is 3.31. The first kappa shape index (κ1) is 15.4. The first-order valence-corrected chi connectivity index (χ1v) is 7.23. The number of hydrogen-bond acceptors (Lipinski definition) is 2. The molecule has 0 unspecified atom stereocenters. The molecule has 2 aromatic carbocycles. The molecule has 0 fully saturated rings. The minimum Gasteiger partial charge on any atom is -0.494 e. The van der Waals surface area contributed by atoms with Crippen LogP contribution in [0.5, 0.6) is 5.75 Å². The SMILES string of the molecule is COc1cc(F)ccc1NCc1ccc(CC(C)C)cc1. The van der Waals surface area contributed by atoms with E-state index < -0.39 is 0 Å². The van der Waals surface area contributed by atoms with E-state index in [0.717, 1.165) is 12.1 Å². The van der Waals surface area contributed by atoms with Crippen molar-refractivity contribution >= 4 is 5.69 Å². The maximum absolute atomic E-state index is 13.1. The van der Waals surface area contributed by atoms with Crippen LogP contribution in [0.15, 0.2) is 42.5 Å². The van der Waals surface area contributed by atoms with Gasteiger partial charge in [0.25, 0.3) is 0 Å². The standard InChI is InChI=1S/C18H22FNO/c1-13(2)10-14-4-6-15(7-5-14)12-20-17-9-8-16(19)11-18(17)21-3/h4-9,11,13,20H,10,12H2,1-3H3. The molecule has 0 saturated carbocycles. The third kappa shape index (κ3) is 4.48. The van der Waals surface area contributed by atoms with Crippen LogP contribution in [0.25, 0.3) is 0 Å². The monoisotopic (exact) mass is 287 g/mol. The quantitative estimate of drug-likeness (QED) is 0.835. The number of benzene rings is 2. The van der Waals surface area contributed by atoms with Gasteiger partial charge in [0, 0.05) is 12.6 Å². The zero-order valence-corrected chi connectivity index (χ0v) is 12.8. The minimum absolute atomic E-state index is 0.296. The van der Waals surface area contributed by atoms with Crippen molar-refractivity contribution in [2.45, 2.75) is 26.8 Å². The Labute approximate surface area is 126 Å². The summed E-state index contributed by atoms with van der Waals surface area (Å²) in [7, 11) is 1.54. The highest BCUT2D eigenvalue weighted by Gasteiger charge is 2.04. The topological polar surface area (TPSA) is 21.3 Å². The molecule has 112 valence electrons. The van der Waals surface area contributed by atoms with Crippen molar-refractivity contribution in [3.8, 4) is 5.75 Å². The Bertz CT molecular complexity index is 578. The fraction of sp³-hybridized carbons (Fsp3) is 0.333. The van der Waals surface area contributed by atoms with E-state index >= 15 is 0 Å². The summed E-state index contributed by atoms with van der Waals surface area (Å²) >= 11 is 0. The van der Waals surface area contributed by atoms with Crippen molar-refractivity contribution in [2.24, 2.45) is 5.92 Å². The highest BCUT2D eigenvalue weighted by Crippen LogP contribution is 2.25. The Morgan fingerprint density at radius 3 is 2.33 bits per heavy atom. The van der Waals surface area contributed by atoms with Crippen LogP contribution in [0.1, 0.15) is 25.0 Å². The molecule has 0 spiro atoms. The van der Waals surface area contributed by atoms with E-state index in [-0.39, 0.29) is 5.82 Å². The number of hydrogen-bond donors (Lipinski definition) is 1. The Morgan fingerprint density at radius 2 is 1.71 bits per heavy atom. The van der Waals surface area contributed by atoms with Gasteiger partial charge >= 0.3 is 0 Å². The number of anilines is 1. The predicted octanol–water partition coefficient (Wildman–Crippen LogP) is 4.64. The lowest BCUT2D eigenvalue weighted by molar-refractivity contribution is 0.413. The van der Waals surface area contributed by atoms with E-state index in [1.807, 2.05) is 0 Å². The molecule has 2 nitrogen and oxygen atoms in total. The molecule has 0 bridgehead atoms. The van der Waals surface area contributed by atoms with Crippen LogP contribution in [0, 0.1) is 11.7 Å². The van der Waals surface area contributed by atoms with Crippen LogP contribution in [0.2, 0.25) is 0 Å². The summed E-state index contributed by atoms with van der Waals surface area (Å²) < 4.78 is 18.3. The molecule has 21 heavy (non-hydrogen) atoms. The molecule has 0 aliphatic heterocycles. The third-order valence-corrected chi connectivity index (χ3v) is 3.31. The molecule has 0 heterocycles. The van der Waals surface area contributed by atoms with Crippen molar-refractivity contribution in [1.82, 2.24) is 0 Å². The zero-order chi connectivity index (χ0) is 15.2. The number of methoxy groups -OCH3 is 1. The van der Waals surface area contributed by atoms with Gasteiger partial charge in [0.15, 0.2) is 0 Å². The van der Waals surface area contributed by atoms with Crippen LogP contribution in [0.3, 0.4) is 0 Å². The lowest BCUT2D eigenvalue weighted by Gasteiger charge is -2.12. The summed E-state index contributed by atoms with van der Waals surface area (Å²) in [5.41, 5.74) is 3.34. The van der Waals surface area contributed by atoms with Crippen molar-refractivity contribution in [3.63, 3.8) is 0 Å². The Kier molecular flexibility index (Phi) is 5.20. The van der Waals surface area contributed by atoms with Gasteiger partial charge in [-0.25, -0.2) is 4.39 Å². The second kappa shape index (κ2) is 7.11. The highest BCUT2D eigenvalue weighted by molar-refractivity contribution is 5.56. The van der Waals surface area contributed by atoms with Crippen LogP contribution in [0.4, 0.5) is 10.1 Å². The molecule has 0 saturated heterocycles. The summed E-state index contributed by atoms with van der Waals surface area (Å²) in [5.74, 6) is 0.888. The maximum atomic E-state index is 13.1. The Balaban J connectivity index is 2.00. The molecule has 2 rings (SSSR count). The fourth-order valence-corrected chi connectivity index (χ4v) is 2.27. The second-order valence-corrected chi connectivity index (χ2v) is 5.61. The smallest absolute Gasteiger partial charge is 0.144 e. The van der Waals surface area contributed by atoms with Crippen LogP contribution in [-0.4, -0.2) is 7.11 Å². The van der Waals surface area contributed by atoms with Gasteiger partial charge in [0.05, 0.1) is 12.8 Å². The van der Waals surface area contributed by atoms with E-state index in [0.29, 0.717) is 18.2 Å². The van der Waals surface area contributed by atoms with E-state index in [9.17, 15) is 4.39 Å². The average molecular weight is 287 g/mol. The van der Waals surface area contributed by atoms with Gasteiger partial charge in [-0.05, 0) is 35.6 Å². The highest BCUT2D eigenvalue weighted by atomic mass is 19.1. The molecule has 0 radical (unpaired) electrons. The van der Waals surface area contributed by atoms with Gasteiger partial charge in [-0.1, -0.05) is 38.1 Å². The molecular formula is C18H22FNO. The van der Waals surface area contributed by atoms with Crippen molar-refractivity contribution in [1.29, 1.82) is 0 Å². The van der Waals surface area contributed by atoms with Gasteiger partial charge in [-0.3, -0.25) is 0 Å². The van der Waals surface area contributed by atoms with Gasteiger partial charge in [0.2, 0.25) is 0 Å². The van der Waals surface area contributed by atoms with Gasteiger partial charge < -0.3 is 10.1 Å². The molecule has 2 aromatic rings. The largest absolute Gasteiger partial charge is 0.494 e. The van der Waals surface area contributed by atoms with Crippen LogP contribution < -0.4 is 10.1 Å². The molecule has 1 N–H and O–H groups in total. The number of halogens is 1. The Morgan fingerprint density at radius 1 is 1.05 bits per heavy atom. The lowest BCUT2D eigenvalue weighted by Crippen LogP contribution is -2.02. The van der Waals surface area contributed by atoms with E-state index in [1.165, 1.54) is 23.3 Å². The van der Waals surface area contributed by atoms with Gasteiger partial charge in [0.1, 0.15) is 11.6 Å². The normalized spacial score (nSPS) is 10.7. The minimum atomic E-state index is -0.296. The number of nitrogens with one attached hydrogen (secondary N) is 1. The molecule has 0 amide bonds. The molecule has 0 aliphatic carbocycles. The Hall–Kier alpha value is -2.03. The second-order valence-electron chi connectivity index (χ2n) is 5.61. The lowest BCUT2D eigenvalue weighted by atomic mass is 10.0. The first-order chi connectivity index (χ1) is 10.1. The van der Waals surface area contributed by atoms with Crippen molar-refractivity contribution in [2.75, 3.05) is 12.4 Å². The summed E-state index contributed by atoms with van der Waals surface area (Å²) in [4.78, 5) is 0.